The predicted molar refractivity (Wildman–Crippen MR) is 118 cm³/mol. The minimum atomic E-state index is 0.464. The molecule has 2 aromatic carbocycles. The largest absolute Gasteiger partial charge is 0.342 e. The topological polar surface area (TPSA) is 41.4 Å². The standard InChI is InChI=1S/C22H24N4S/c1-16-6-9-19(10-7-16)15-26-12-4-5-21(26)14-23-25-22(27)24-20-11-8-17(2)18(3)13-20/h4-14H,15H2,1-3H3,(H2,24,25,27). The average Bonchev–Trinajstić information content (AvgIpc) is 3.07. The molecular weight excluding hydrogens is 352 g/mol. The highest BCUT2D eigenvalue weighted by molar-refractivity contribution is 7.80. The minimum Gasteiger partial charge on any atom is -0.342 e. The van der Waals surface area contributed by atoms with E-state index in [1.165, 1.54) is 22.3 Å². The van der Waals surface area contributed by atoms with Gasteiger partial charge in [0, 0.05) is 18.4 Å². The predicted octanol–water partition coefficient (Wildman–Crippen LogP) is 4.78. The third kappa shape index (κ3) is 5.28. The third-order valence-corrected chi connectivity index (χ3v) is 4.66. The lowest BCUT2D eigenvalue weighted by Crippen LogP contribution is -2.24. The molecule has 2 N–H and O–H groups in total. The molecule has 0 aliphatic heterocycles. The molecule has 3 rings (SSSR count). The van der Waals surface area contributed by atoms with E-state index < -0.39 is 0 Å². The molecule has 0 fully saturated rings. The fourth-order valence-electron chi connectivity index (χ4n) is 2.71. The number of aryl methyl sites for hydroxylation is 3. The molecule has 1 aromatic heterocycles. The summed E-state index contributed by atoms with van der Waals surface area (Å²) in [7, 11) is 0. The summed E-state index contributed by atoms with van der Waals surface area (Å²) in [6.07, 6.45) is 3.83. The fourth-order valence-corrected chi connectivity index (χ4v) is 2.88. The van der Waals surface area contributed by atoms with Crippen LogP contribution in [0.4, 0.5) is 5.69 Å². The molecule has 0 saturated heterocycles. The van der Waals surface area contributed by atoms with Crippen LogP contribution in [0.25, 0.3) is 0 Å². The second-order valence-electron chi connectivity index (χ2n) is 6.67. The SMILES string of the molecule is Cc1ccc(Cn2cccc2C=NNC(=S)Nc2ccc(C)c(C)c2)cc1. The molecule has 5 heteroatoms. The van der Waals surface area contributed by atoms with Gasteiger partial charge in [0.1, 0.15) is 0 Å². The van der Waals surface area contributed by atoms with Crippen LogP contribution in [-0.2, 0) is 6.54 Å². The van der Waals surface area contributed by atoms with E-state index in [1.807, 2.05) is 24.4 Å². The Kier molecular flexibility index (Phi) is 6.04. The number of nitrogens with one attached hydrogen (secondary N) is 2. The van der Waals surface area contributed by atoms with Crippen LogP contribution in [0.1, 0.15) is 27.9 Å². The number of hydrogen-bond acceptors (Lipinski definition) is 2. The zero-order valence-corrected chi connectivity index (χ0v) is 16.7. The summed E-state index contributed by atoms with van der Waals surface area (Å²) < 4.78 is 2.15. The summed E-state index contributed by atoms with van der Waals surface area (Å²) in [6.45, 7) is 7.07. The molecule has 4 nitrogen and oxygen atoms in total. The van der Waals surface area contributed by atoms with Crippen molar-refractivity contribution in [2.75, 3.05) is 5.32 Å². The van der Waals surface area contributed by atoms with Crippen LogP contribution in [0, 0.1) is 20.8 Å². The highest BCUT2D eigenvalue weighted by Gasteiger charge is 2.01. The Labute approximate surface area is 165 Å². The molecular formula is C22H24N4S. The van der Waals surface area contributed by atoms with Crippen molar-refractivity contribution in [3.63, 3.8) is 0 Å². The van der Waals surface area contributed by atoms with E-state index >= 15 is 0 Å². The van der Waals surface area contributed by atoms with Crippen LogP contribution in [0.3, 0.4) is 0 Å². The van der Waals surface area contributed by atoms with Crippen molar-refractivity contribution in [3.8, 4) is 0 Å². The summed E-state index contributed by atoms with van der Waals surface area (Å²) >= 11 is 5.31. The zero-order valence-electron chi connectivity index (χ0n) is 15.9. The van der Waals surface area contributed by atoms with Gasteiger partial charge >= 0.3 is 0 Å². The van der Waals surface area contributed by atoms with Crippen molar-refractivity contribution in [1.29, 1.82) is 0 Å². The molecule has 0 atom stereocenters. The minimum absolute atomic E-state index is 0.464. The molecule has 138 valence electrons. The first-order valence-electron chi connectivity index (χ1n) is 8.89. The van der Waals surface area contributed by atoms with E-state index in [0.717, 1.165) is 17.9 Å². The number of hydrazone groups is 1. The van der Waals surface area contributed by atoms with Gasteiger partial charge in [-0.15, -0.1) is 0 Å². The van der Waals surface area contributed by atoms with Crippen LogP contribution in [-0.4, -0.2) is 15.9 Å². The molecule has 0 bridgehead atoms. The number of benzene rings is 2. The summed E-state index contributed by atoms with van der Waals surface area (Å²) in [5, 5.41) is 7.88. The van der Waals surface area contributed by atoms with Crippen molar-refractivity contribution < 1.29 is 0 Å². The van der Waals surface area contributed by atoms with Crippen molar-refractivity contribution in [3.05, 3.63) is 88.7 Å². The molecule has 0 aliphatic carbocycles. The van der Waals surface area contributed by atoms with Gasteiger partial charge in [-0.05, 0) is 73.9 Å². The van der Waals surface area contributed by atoms with E-state index in [4.69, 9.17) is 12.2 Å². The van der Waals surface area contributed by atoms with Gasteiger partial charge < -0.3 is 9.88 Å². The Bertz CT molecular complexity index is 955. The van der Waals surface area contributed by atoms with Crippen LogP contribution >= 0.6 is 12.2 Å². The van der Waals surface area contributed by atoms with Gasteiger partial charge in [0.2, 0.25) is 0 Å². The normalized spacial score (nSPS) is 10.9. The summed E-state index contributed by atoms with van der Waals surface area (Å²) in [5.41, 5.74) is 9.84. The van der Waals surface area contributed by atoms with Crippen LogP contribution in [0.15, 0.2) is 65.9 Å². The Morgan fingerprint density at radius 2 is 1.81 bits per heavy atom. The van der Waals surface area contributed by atoms with Gasteiger partial charge in [0.05, 0.1) is 11.9 Å². The number of hydrogen-bond donors (Lipinski definition) is 2. The Balaban J connectivity index is 1.58. The van der Waals surface area contributed by atoms with E-state index in [0.29, 0.717) is 5.11 Å². The fraction of sp³-hybridized carbons (Fsp3) is 0.182. The van der Waals surface area contributed by atoms with E-state index in [1.54, 1.807) is 6.21 Å². The molecule has 0 spiro atoms. The van der Waals surface area contributed by atoms with Gasteiger partial charge in [-0.3, -0.25) is 5.43 Å². The van der Waals surface area contributed by atoms with Crippen molar-refractivity contribution in [2.45, 2.75) is 27.3 Å². The van der Waals surface area contributed by atoms with Crippen molar-refractivity contribution in [1.82, 2.24) is 9.99 Å². The van der Waals surface area contributed by atoms with E-state index in [2.05, 4.69) is 77.6 Å². The van der Waals surface area contributed by atoms with E-state index in [9.17, 15) is 0 Å². The maximum Gasteiger partial charge on any atom is 0.191 e. The monoisotopic (exact) mass is 376 g/mol. The molecule has 3 aromatic rings. The van der Waals surface area contributed by atoms with Gasteiger partial charge in [0.25, 0.3) is 0 Å². The number of nitrogens with zero attached hydrogens (tertiary/aromatic N) is 2. The van der Waals surface area contributed by atoms with Gasteiger partial charge in [-0.2, -0.15) is 5.10 Å². The maximum absolute atomic E-state index is 5.31. The summed E-state index contributed by atoms with van der Waals surface area (Å²) in [4.78, 5) is 0. The molecule has 0 radical (unpaired) electrons. The highest BCUT2D eigenvalue weighted by atomic mass is 32.1. The highest BCUT2D eigenvalue weighted by Crippen LogP contribution is 2.14. The van der Waals surface area contributed by atoms with Gasteiger partial charge in [-0.25, -0.2) is 0 Å². The van der Waals surface area contributed by atoms with Crippen LogP contribution in [0.5, 0.6) is 0 Å². The van der Waals surface area contributed by atoms with Crippen molar-refractivity contribution >= 4 is 29.2 Å². The molecule has 27 heavy (non-hydrogen) atoms. The van der Waals surface area contributed by atoms with Crippen LogP contribution in [0.2, 0.25) is 0 Å². The first-order chi connectivity index (χ1) is 13.0. The lowest BCUT2D eigenvalue weighted by molar-refractivity contribution is 0.798. The average molecular weight is 377 g/mol. The summed E-state index contributed by atoms with van der Waals surface area (Å²) in [6, 6.07) is 18.7. The molecule has 0 amide bonds. The summed E-state index contributed by atoms with van der Waals surface area (Å²) in [5.74, 6) is 0. The Morgan fingerprint density at radius 3 is 2.56 bits per heavy atom. The lowest BCUT2D eigenvalue weighted by atomic mass is 10.1. The molecule has 1 heterocycles. The number of thiocarbonyl (C=S) groups is 1. The first kappa shape index (κ1) is 18.9. The number of rotatable bonds is 5. The number of anilines is 1. The zero-order chi connectivity index (χ0) is 19.2. The second kappa shape index (κ2) is 8.64. The molecule has 0 aliphatic rings. The maximum atomic E-state index is 5.31. The smallest absolute Gasteiger partial charge is 0.191 e. The molecule has 0 unspecified atom stereocenters. The van der Waals surface area contributed by atoms with Crippen LogP contribution < -0.4 is 10.7 Å². The third-order valence-electron chi connectivity index (χ3n) is 4.47. The number of aromatic nitrogens is 1. The first-order valence-corrected chi connectivity index (χ1v) is 9.30. The van der Waals surface area contributed by atoms with Gasteiger partial charge in [0.15, 0.2) is 5.11 Å². The van der Waals surface area contributed by atoms with Crippen molar-refractivity contribution in [2.24, 2.45) is 5.10 Å². The molecule has 0 saturated carbocycles. The Morgan fingerprint density at radius 1 is 1.04 bits per heavy atom. The Hall–Kier alpha value is -2.92. The van der Waals surface area contributed by atoms with Gasteiger partial charge in [-0.1, -0.05) is 35.9 Å². The lowest BCUT2D eigenvalue weighted by Gasteiger charge is -2.09. The second-order valence-corrected chi connectivity index (χ2v) is 7.08. The van der Waals surface area contributed by atoms with E-state index in [-0.39, 0.29) is 0 Å². The quantitative estimate of drug-likeness (QED) is 0.382.